The number of nitrogens with zero attached hydrogens (tertiary/aromatic N) is 3. The molecule has 0 heterocycles. The van der Waals surface area contributed by atoms with Crippen LogP contribution in [0.4, 0.5) is 17.1 Å². The van der Waals surface area contributed by atoms with Crippen molar-refractivity contribution in [1.82, 2.24) is 0 Å². The third-order valence-electron chi connectivity index (χ3n) is 4.36. The van der Waals surface area contributed by atoms with Crippen LogP contribution in [0, 0.1) is 30.3 Å². The van der Waals surface area contributed by atoms with E-state index in [4.69, 9.17) is 5.11 Å². The molecule has 0 amide bonds. The first kappa shape index (κ1) is 29.6. The van der Waals surface area contributed by atoms with E-state index in [-0.39, 0.29) is 22.0 Å². The van der Waals surface area contributed by atoms with Crippen molar-refractivity contribution in [2.24, 2.45) is 0 Å². The molecule has 3 rings (SSSR count). The van der Waals surface area contributed by atoms with Crippen LogP contribution in [0.15, 0.2) is 91.2 Å². The van der Waals surface area contributed by atoms with Gasteiger partial charge in [0.05, 0.1) is 37.7 Å². The summed E-state index contributed by atoms with van der Waals surface area (Å²) in [5, 5.41) is 39.7. The Labute approximate surface area is 211 Å². The molecule has 0 spiro atoms. The van der Waals surface area contributed by atoms with Crippen molar-refractivity contribution in [2.75, 3.05) is 0 Å². The molecule has 1 N–H and O–H groups in total. The minimum Gasteiger partial charge on any atom is -0.516 e. The summed E-state index contributed by atoms with van der Waals surface area (Å²) in [6.45, 7) is 1.83. The molecule has 0 fully saturated rings. The molecule has 11 heteroatoms. The van der Waals surface area contributed by atoms with Crippen LogP contribution in [0.1, 0.15) is 23.6 Å². The topological polar surface area (TPSA) is 167 Å². The van der Waals surface area contributed by atoms with Gasteiger partial charge in [0.25, 0.3) is 17.1 Å². The highest BCUT2D eigenvalue weighted by Gasteiger charge is 2.10. The maximum atomic E-state index is 10.5. The van der Waals surface area contributed by atoms with Crippen molar-refractivity contribution in [3.63, 3.8) is 0 Å². The number of nitro groups is 3. The van der Waals surface area contributed by atoms with Crippen molar-refractivity contribution >= 4 is 41.6 Å². The Hall–Kier alpha value is -5.45. The van der Waals surface area contributed by atoms with Gasteiger partial charge in [-0.15, -0.1) is 0 Å². The number of allylic oxidation sites excluding steroid dienone is 2. The summed E-state index contributed by atoms with van der Waals surface area (Å²) in [5.41, 5.74) is 1.61. The van der Waals surface area contributed by atoms with Crippen LogP contribution in [0.25, 0.3) is 18.2 Å². The molecule has 37 heavy (non-hydrogen) atoms. The van der Waals surface area contributed by atoms with E-state index in [1.165, 1.54) is 36.4 Å². The largest absolute Gasteiger partial charge is 0.516 e. The number of nitro benzene ring substituents is 3. The van der Waals surface area contributed by atoms with Crippen molar-refractivity contribution in [2.45, 2.75) is 6.92 Å². The molecule has 0 atom stereocenters. The van der Waals surface area contributed by atoms with Crippen LogP contribution in [-0.2, 0) is 4.79 Å². The zero-order valence-corrected chi connectivity index (χ0v) is 19.6. The Bertz CT molecular complexity index is 1250. The Morgan fingerprint density at radius 1 is 0.622 bits per heavy atom. The zero-order chi connectivity index (χ0) is 27.6. The fourth-order valence-electron chi connectivity index (χ4n) is 2.79. The van der Waals surface area contributed by atoms with Crippen LogP contribution in [0.3, 0.4) is 0 Å². The number of carbonyl (C=O) groups is 1. The Kier molecular flexibility index (Phi) is 13.0. The van der Waals surface area contributed by atoms with E-state index in [9.17, 15) is 35.1 Å². The molecular weight excluding hydrogens is 482 g/mol. The predicted molar refractivity (Wildman–Crippen MR) is 141 cm³/mol. The summed E-state index contributed by atoms with van der Waals surface area (Å²) in [5.74, 6) is 0. The van der Waals surface area contributed by atoms with E-state index in [1.54, 1.807) is 66.7 Å². The van der Waals surface area contributed by atoms with Gasteiger partial charge < -0.3 is 5.11 Å². The monoisotopic (exact) mass is 505 g/mol. The molecule has 0 radical (unpaired) electrons. The van der Waals surface area contributed by atoms with Crippen molar-refractivity contribution in [3.8, 4) is 0 Å². The standard InChI is InChI=1S/C9H7NO3.C9H9NO2.C8H7NO3/c11-7-3-5-8-4-1-2-6-9(8)10(12)13;1-2-5-8-6-3-4-7-9(8)10(11)12;10-6-5-7-3-1-2-4-8(7)9(11)12/h1-7H;2-7H,1H3;1-6,10H/b5-3+;5-2+;6-5+. The first-order chi connectivity index (χ1) is 17.8. The molecule has 0 bridgehead atoms. The van der Waals surface area contributed by atoms with E-state index >= 15 is 0 Å². The SMILES string of the molecule is C/C=C/c1ccccc1[N+](=O)[O-].O=C/C=C/c1ccccc1[N+](=O)[O-].O=[N+]([O-])c1ccccc1/C=C/O. The molecular formula is C26H23N3O8. The van der Waals surface area contributed by atoms with E-state index in [0.29, 0.717) is 23.0 Å². The van der Waals surface area contributed by atoms with Gasteiger partial charge in [-0.1, -0.05) is 48.6 Å². The molecule has 3 aromatic rings. The number of benzene rings is 3. The molecule has 0 aliphatic heterocycles. The lowest BCUT2D eigenvalue weighted by Crippen LogP contribution is -1.90. The molecule has 3 aromatic carbocycles. The predicted octanol–water partition coefficient (Wildman–Crippen LogP) is 6.56. The second-order valence-electron chi connectivity index (χ2n) is 6.76. The summed E-state index contributed by atoms with van der Waals surface area (Å²) in [6, 6.07) is 19.1. The van der Waals surface area contributed by atoms with Gasteiger partial charge in [0.2, 0.25) is 0 Å². The van der Waals surface area contributed by atoms with Crippen LogP contribution < -0.4 is 0 Å². The number of para-hydroxylation sites is 3. The summed E-state index contributed by atoms with van der Waals surface area (Å²) in [4.78, 5) is 40.0. The highest BCUT2D eigenvalue weighted by atomic mass is 16.6. The lowest BCUT2D eigenvalue weighted by Gasteiger charge is -1.94. The normalized spacial score (nSPS) is 10.3. The quantitative estimate of drug-likeness (QED) is 0.124. The molecule has 0 unspecified atom stereocenters. The molecule has 190 valence electrons. The Balaban J connectivity index is 0.000000278. The van der Waals surface area contributed by atoms with Gasteiger partial charge in [-0.2, -0.15) is 0 Å². The van der Waals surface area contributed by atoms with Gasteiger partial charge in [-0.3, -0.25) is 35.1 Å². The van der Waals surface area contributed by atoms with Crippen molar-refractivity contribution in [3.05, 3.63) is 138 Å². The highest BCUT2D eigenvalue weighted by Crippen LogP contribution is 2.20. The summed E-state index contributed by atoms with van der Waals surface area (Å²) >= 11 is 0. The minimum absolute atomic E-state index is 0.000556. The second-order valence-corrected chi connectivity index (χ2v) is 6.76. The van der Waals surface area contributed by atoms with Gasteiger partial charge in [0, 0.05) is 18.2 Å². The molecule has 0 aliphatic rings. The third-order valence-corrected chi connectivity index (χ3v) is 4.36. The van der Waals surface area contributed by atoms with E-state index in [0.717, 1.165) is 6.26 Å². The first-order valence-electron chi connectivity index (χ1n) is 10.5. The van der Waals surface area contributed by atoms with E-state index in [2.05, 4.69) is 0 Å². The van der Waals surface area contributed by atoms with Crippen LogP contribution >= 0.6 is 0 Å². The van der Waals surface area contributed by atoms with Gasteiger partial charge in [-0.05, 0) is 43.4 Å². The van der Waals surface area contributed by atoms with Crippen LogP contribution in [0.5, 0.6) is 0 Å². The maximum absolute atomic E-state index is 10.5. The number of rotatable bonds is 7. The average molecular weight is 505 g/mol. The summed E-state index contributed by atoms with van der Waals surface area (Å²) < 4.78 is 0. The summed E-state index contributed by atoms with van der Waals surface area (Å²) in [7, 11) is 0. The number of aliphatic hydroxyl groups is 1. The second kappa shape index (κ2) is 16.2. The molecule has 0 saturated heterocycles. The highest BCUT2D eigenvalue weighted by molar-refractivity contribution is 5.76. The van der Waals surface area contributed by atoms with E-state index < -0.39 is 9.85 Å². The molecule has 11 nitrogen and oxygen atoms in total. The fourth-order valence-corrected chi connectivity index (χ4v) is 2.79. The lowest BCUT2D eigenvalue weighted by atomic mass is 10.2. The smallest absolute Gasteiger partial charge is 0.276 e. The first-order valence-corrected chi connectivity index (χ1v) is 10.5. The number of hydrogen-bond donors (Lipinski definition) is 1. The number of aldehydes is 1. The molecule has 0 aliphatic carbocycles. The Morgan fingerprint density at radius 3 is 1.30 bits per heavy atom. The molecule has 0 aromatic heterocycles. The summed E-state index contributed by atoms with van der Waals surface area (Å²) in [6.07, 6.45) is 8.77. The maximum Gasteiger partial charge on any atom is 0.276 e. The number of hydrogen-bond acceptors (Lipinski definition) is 8. The average Bonchev–Trinajstić information content (AvgIpc) is 2.89. The van der Waals surface area contributed by atoms with Gasteiger partial charge in [0.1, 0.15) is 6.29 Å². The van der Waals surface area contributed by atoms with Gasteiger partial charge in [-0.25, -0.2) is 0 Å². The van der Waals surface area contributed by atoms with E-state index in [1.807, 2.05) is 6.92 Å². The van der Waals surface area contributed by atoms with Crippen molar-refractivity contribution < 1.29 is 24.7 Å². The minimum atomic E-state index is -0.491. The molecule has 0 saturated carbocycles. The van der Waals surface area contributed by atoms with Gasteiger partial charge >= 0.3 is 0 Å². The van der Waals surface area contributed by atoms with Gasteiger partial charge in [0.15, 0.2) is 0 Å². The zero-order valence-electron chi connectivity index (χ0n) is 19.6. The fraction of sp³-hybridized carbons (Fsp3) is 0.0385. The van der Waals surface area contributed by atoms with Crippen molar-refractivity contribution in [1.29, 1.82) is 0 Å². The lowest BCUT2D eigenvalue weighted by molar-refractivity contribution is -0.385. The Morgan fingerprint density at radius 2 is 0.973 bits per heavy atom. The van der Waals surface area contributed by atoms with Crippen LogP contribution in [-0.4, -0.2) is 26.2 Å². The number of carbonyl (C=O) groups excluding carboxylic acids is 1. The number of aliphatic hydroxyl groups excluding tert-OH is 1. The third kappa shape index (κ3) is 10.1. The van der Waals surface area contributed by atoms with Crippen LogP contribution in [0.2, 0.25) is 0 Å².